The third kappa shape index (κ3) is 4.57. The van der Waals surface area contributed by atoms with E-state index in [1.165, 1.54) is 6.20 Å². The molecule has 1 aliphatic heterocycles. The van der Waals surface area contributed by atoms with E-state index in [1.54, 1.807) is 16.3 Å². The summed E-state index contributed by atoms with van der Waals surface area (Å²) >= 11 is 1.55. The van der Waals surface area contributed by atoms with Crippen molar-refractivity contribution in [3.05, 3.63) is 22.1 Å². The van der Waals surface area contributed by atoms with Crippen LogP contribution in [0, 0.1) is 0 Å². The first-order chi connectivity index (χ1) is 11.1. The van der Waals surface area contributed by atoms with Crippen molar-refractivity contribution >= 4 is 17.7 Å². The molecule has 1 aliphatic rings. The highest BCUT2D eigenvalue weighted by molar-refractivity contribution is 7.99. The molecule has 0 aromatic carbocycles. The molecule has 1 amide bonds. The van der Waals surface area contributed by atoms with Crippen LogP contribution >= 0.6 is 11.8 Å². The lowest BCUT2D eigenvalue weighted by Gasteiger charge is -2.19. The zero-order valence-electron chi connectivity index (χ0n) is 14.2. The standard InChI is InChI=1S/C16H26N4O2S/c1-4-19(5-2)8-6-7-12(3)18-14(21)13-11-17-16-20(15(13)22)9-10-23-16/h11-12H,4-10H2,1-3H3,(H,18,21). The molecular weight excluding hydrogens is 312 g/mol. The second-order valence-electron chi connectivity index (χ2n) is 5.80. The number of fused-ring (bicyclic) bond motifs is 1. The molecule has 0 saturated carbocycles. The lowest BCUT2D eigenvalue weighted by atomic mass is 10.1. The number of hydrogen-bond acceptors (Lipinski definition) is 5. The highest BCUT2D eigenvalue weighted by atomic mass is 32.2. The van der Waals surface area contributed by atoms with E-state index in [0.717, 1.165) is 38.2 Å². The Bertz CT molecular complexity index is 598. The highest BCUT2D eigenvalue weighted by Crippen LogP contribution is 2.20. The molecule has 1 aromatic rings. The first-order valence-corrected chi connectivity index (χ1v) is 9.31. The van der Waals surface area contributed by atoms with Gasteiger partial charge in [0, 0.05) is 24.5 Å². The third-order valence-electron chi connectivity index (χ3n) is 4.18. The highest BCUT2D eigenvalue weighted by Gasteiger charge is 2.20. The fourth-order valence-electron chi connectivity index (χ4n) is 2.71. The zero-order chi connectivity index (χ0) is 16.8. The van der Waals surface area contributed by atoms with Gasteiger partial charge in [-0.3, -0.25) is 14.2 Å². The van der Waals surface area contributed by atoms with E-state index in [0.29, 0.717) is 11.7 Å². The summed E-state index contributed by atoms with van der Waals surface area (Å²) in [4.78, 5) is 31.2. The van der Waals surface area contributed by atoms with Crippen molar-refractivity contribution in [3.63, 3.8) is 0 Å². The van der Waals surface area contributed by atoms with Crippen LogP contribution in [0.1, 0.15) is 44.0 Å². The number of rotatable bonds is 8. The van der Waals surface area contributed by atoms with Crippen LogP contribution in [0.25, 0.3) is 0 Å². The summed E-state index contributed by atoms with van der Waals surface area (Å²) in [5.74, 6) is 0.528. The van der Waals surface area contributed by atoms with Crippen molar-refractivity contribution in [3.8, 4) is 0 Å². The largest absolute Gasteiger partial charge is 0.349 e. The molecule has 0 bridgehead atoms. The minimum Gasteiger partial charge on any atom is -0.349 e. The third-order valence-corrected chi connectivity index (χ3v) is 5.16. The molecule has 0 spiro atoms. The molecule has 128 valence electrons. The van der Waals surface area contributed by atoms with Gasteiger partial charge in [-0.05, 0) is 39.4 Å². The number of hydrogen-bond donors (Lipinski definition) is 1. The molecule has 23 heavy (non-hydrogen) atoms. The molecule has 7 heteroatoms. The van der Waals surface area contributed by atoms with Crippen LogP contribution in [-0.2, 0) is 6.54 Å². The van der Waals surface area contributed by atoms with Crippen LogP contribution in [0.5, 0.6) is 0 Å². The van der Waals surface area contributed by atoms with E-state index in [2.05, 4.69) is 29.0 Å². The zero-order valence-corrected chi connectivity index (χ0v) is 15.0. The SMILES string of the molecule is CCN(CC)CCCC(C)NC(=O)c1cnc2n(c1=O)CCS2. The average Bonchev–Trinajstić information content (AvgIpc) is 3.01. The maximum absolute atomic E-state index is 12.3. The second kappa shape index (κ2) is 8.49. The monoisotopic (exact) mass is 338 g/mol. The van der Waals surface area contributed by atoms with Crippen LogP contribution in [0.4, 0.5) is 0 Å². The van der Waals surface area contributed by atoms with E-state index in [-0.39, 0.29) is 23.1 Å². The van der Waals surface area contributed by atoms with Gasteiger partial charge in [0.1, 0.15) is 5.56 Å². The summed E-state index contributed by atoms with van der Waals surface area (Å²) in [6.07, 6.45) is 3.34. The Labute approximate surface area is 141 Å². The van der Waals surface area contributed by atoms with E-state index >= 15 is 0 Å². The van der Waals surface area contributed by atoms with Crippen molar-refractivity contribution in [1.82, 2.24) is 19.8 Å². The fraction of sp³-hybridized carbons (Fsp3) is 0.688. The molecule has 0 radical (unpaired) electrons. The Balaban J connectivity index is 1.88. The summed E-state index contributed by atoms with van der Waals surface area (Å²) in [5, 5.41) is 3.63. The molecule has 1 N–H and O–H groups in total. The Morgan fingerprint density at radius 3 is 2.91 bits per heavy atom. The molecule has 2 rings (SSSR count). The van der Waals surface area contributed by atoms with Gasteiger partial charge in [-0.2, -0.15) is 0 Å². The quantitative estimate of drug-likeness (QED) is 0.729. The van der Waals surface area contributed by atoms with E-state index in [4.69, 9.17) is 0 Å². The number of carbonyl (C=O) groups is 1. The topological polar surface area (TPSA) is 67.2 Å². The van der Waals surface area contributed by atoms with E-state index in [9.17, 15) is 9.59 Å². The average molecular weight is 338 g/mol. The lowest BCUT2D eigenvalue weighted by Crippen LogP contribution is -2.38. The van der Waals surface area contributed by atoms with Gasteiger partial charge in [-0.1, -0.05) is 25.6 Å². The molecule has 2 heterocycles. The fourth-order valence-corrected chi connectivity index (χ4v) is 3.62. The van der Waals surface area contributed by atoms with Crippen LogP contribution < -0.4 is 10.9 Å². The van der Waals surface area contributed by atoms with E-state index in [1.807, 2.05) is 6.92 Å². The number of nitrogens with zero attached hydrogens (tertiary/aromatic N) is 3. The van der Waals surface area contributed by atoms with Crippen molar-refractivity contribution in [2.45, 2.75) is 51.4 Å². The van der Waals surface area contributed by atoms with Crippen molar-refractivity contribution in [1.29, 1.82) is 0 Å². The summed E-state index contributed by atoms with van der Waals surface area (Å²) < 4.78 is 1.59. The number of nitrogens with one attached hydrogen (secondary N) is 1. The van der Waals surface area contributed by atoms with Gasteiger partial charge in [0.05, 0.1) is 0 Å². The summed E-state index contributed by atoms with van der Waals surface area (Å²) in [7, 11) is 0. The first kappa shape index (κ1) is 18.0. The molecule has 0 fully saturated rings. The van der Waals surface area contributed by atoms with Crippen LogP contribution in [0.3, 0.4) is 0 Å². The van der Waals surface area contributed by atoms with E-state index < -0.39 is 0 Å². The predicted molar refractivity (Wildman–Crippen MR) is 93.2 cm³/mol. The molecule has 0 saturated heterocycles. The molecule has 0 aliphatic carbocycles. The predicted octanol–water partition coefficient (Wildman–Crippen LogP) is 1.59. The second-order valence-corrected chi connectivity index (χ2v) is 6.87. The first-order valence-electron chi connectivity index (χ1n) is 8.32. The van der Waals surface area contributed by atoms with Crippen molar-refractivity contribution < 1.29 is 4.79 Å². The molecular formula is C16H26N4O2S. The van der Waals surface area contributed by atoms with Gasteiger partial charge in [-0.15, -0.1) is 0 Å². The smallest absolute Gasteiger partial charge is 0.267 e. The van der Waals surface area contributed by atoms with Gasteiger partial charge in [-0.25, -0.2) is 4.98 Å². The molecule has 6 nitrogen and oxygen atoms in total. The van der Waals surface area contributed by atoms with Crippen LogP contribution in [0.15, 0.2) is 16.1 Å². The normalized spacial score (nSPS) is 14.8. The maximum Gasteiger partial charge on any atom is 0.267 e. The van der Waals surface area contributed by atoms with Crippen LogP contribution in [0.2, 0.25) is 0 Å². The van der Waals surface area contributed by atoms with Crippen molar-refractivity contribution in [2.75, 3.05) is 25.4 Å². The van der Waals surface area contributed by atoms with Gasteiger partial charge < -0.3 is 10.2 Å². The Hall–Kier alpha value is -1.34. The van der Waals surface area contributed by atoms with Gasteiger partial charge in [0.25, 0.3) is 11.5 Å². The van der Waals surface area contributed by atoms with Gasteiger partial charge >= 0.3 is 0 Å². The summed E-state index contributed by atoms with van der Waals surface area (Å²) in [6.45, 7) is 10.1. The maximum atomic E-state index is 12.3. The Kier molecular flexibility index (Phi) is 6.65. The lowest BCUT2D eigenvalue weighted by molar-refractivity contribution is 0.0934. The van der Waals surface area contributed by atoms with Crippen molar-refractivity contribution in [2.24, 2.45) is 0 Å². The molecule has 1 aromatic heterocycles. The molecule has 1 atom stereocenters. The van der Waals surface area contributed by atoms with Gasteiger partial charge in [0.2, 0.25) is 0 Å². The van der Waals surface area contributed by atoms with Crippen LogP contribution in [-0.4, -0.2) is 51.8 Å². The minimum absolute atomic E-state index is 0.0464. The minimum atomic E-state index is -0.315. The number of amides is 1. The van der Waals surface area contributed by atoms with Gasteiger partial charge in [0.15, 0.2) is 5.16 Å². The summed E-state index contributed by atoms with van der Waals surface area (Å²) in [6, 6.07) is 0.0464. The molecule has 1 unspecified atom stereocenters. The summed E-state index contributed by atoms with van der Waals surface area (Å²) in [5.41, 5.74) is -0.0836. The Morgan fingerprint density at radius 1 is 1.48 bits per heavy atom. The Morgan fingerprint density at radius 2 is 2.22 bits per heavy atom. The number of thioether (sulfide) groups is 1. The number of carbonyl (C=O) groups excluding carboxylic acids is 1. The number of aromatic nitrogens is 2.